The fourth-order valence-corrected chi connectivity index (χ4v) is 2.00. The van der Waals surface area contributed by atoms with E-state index in [4.69, 9.17) is 0 Å². The van der Waals surface area contributed by atoms with E-state index in [2.05, 4.69) is 0 Å². The van der Waals surface area contributed by atoms with Crippen molar-refractivity contribution in [3.05, 3.63) is 10.1 Å². The van der Waals surface area contributed by atoms with Crippen LogP contribution in [0.5, 0.6) is 0 Å². The van der Waals surface area contributed by atoms with E-state index >= 15 is 0 Å². The molecule has 1 amide bonds. The lowest BCUT2D eigenvalue weighted by Crippen LogP contribution is -2.33. The lowest BCUT2D eigenvalue weighted by Gasteiger charge is -2.24. The summed E-state index contributed by atoms with van der Waals surface area (Å²) >= 11 is 0. The van der Waals surface area contributed by atoms with E-state index in [1.54, 1.807) is 0 Å². The molecule has 5 nitrogen and oxygen atoms in total. The highest BCUT2D eigenvalue weighted by Crippen LogP contribution is 2.12. The molecule has 0 spiro atoms. The van der Waals surface area contributed by atoms with Gasteiger partial charge in [0, 0.05) is 30.9 Å². The van der Waals surface area contributed by atoms with Gasteiger partial charge in [-0.15, -0.1) is 0 Å². The molecule has 0 saturated carbocycles. The number of nitro groups is 1. The number of hydrogen-bond acceptors (Lipinski definition) is 3. The number of hydrogen-bond donors (Lipinski definition) is 0. The molecular formula is C11H20N2O3. The molecule has 1 fully saturated rings. The molecule has 5 heteroatoms. The summed E-state index contributed by atoms with van der Waals surface area (Å²) in [7, 11) is 0. The first-order chi connectivity index (χ1) is 7.70. The lowest BCUT2D eigenvalue weighted by molar-refractivity contribution is -0.480. The first-order valence-electron chi connectivity index (χ1n) is 6.10. The van der Waals surface area contributed by atoms with Crippen molar-refractivity contribution in [2.45, 2.75) is 44.9 Å². The first-order valence-corrected chi connectivity index (χ1v) is 6.10. The summed E-state index contributed by atoms with van der Waals surface area (Å²) in [5.74, 6) is 0.223. The van der Waals surface area contributed by atoms with Crippen molar-refractivity contribution in [3.8, 4) is 0 Å². The summed E-state index contributed by atoms with van der Waals surface area (Å²) in [5.41, 5.74) is 0. The number of unbranched alkanes of at least 4 members (excludes halogenated alkanes) is 1. The molecule has 0 unspecified atom stereocenters. The van der Waals surface area contributed by atoms with E-state index in [1.165, 1.54) is 6.42 Å². The first kappa shape index (κ1) is 12.9. The molecule has 92 valence electrons. The fourth-order valence-electron chi connectivity index (χ4n) is 2.00. The Labute approximate surface area is 96.0 Å². The molecule has 0 radical (unpaired) electrons. The number of rotatable bonds is 5. The van der Waals surface area contributed by atoms with Crippen molar-refractivity contribution < 1.29 is 9.72 Å². The van der Waals surface area contributed by atoms with Crippen molar-refractivity contribution in [2.24, 2.45) is 0 Å². The third-order valence-electron chi connectivity index (χ3n) is 2.94. The maximum absolute atomic E-state index is 11.7. The van der Waals surface area contributed by atoms with E-state index in [9.17, 15) is 14.9 Å². The monoisotopic (exact) mass is 228 g/mol. The van der Waals surface area contributed by atoms with Gasteiger partial charge in [0.25, 0.3) is 0 Å². The molecule has 0 aromatic heterocycles. The Morgan fingerprint density at radius 3 is 2.69 bits per heavy atom. The second kappa shape index (κ2) is 7.19. The van der Waals surface area contributed by atoms with Crippen molar-refractivity contribution in [2.75, 3.05) is 19.6 Å². The van der Waals surface area contributed by atoms with E-state index in [-0.39, 0.29) is 17.4 Å². The largest absolute Gasteiger partial charge is 0.343 e. The Morgan fingerprint density at radius 2 is 1.94 bits per heavy atom. The van der Waals surface area contributed by atoms with Gasteiger partial charge in [0.2, 0.25) is 12.5 Å². The molecule has 0 atom stereocenters. The van der Waals surface area contributed by atoms with Gasteiger partial charge in [0.15, 0.2) is 0 Å². The highest BCUT2D eigenvalue weighted by molar-refractivity contribution is 5.76. The smallest absolute Gasteiger partial charge is 0.222 e. The van der Waals surface area contributed by atoms with Crippen molar-refractivity contribution in [3.63, 3.8) is 0 Å². The highest BCUT2D eigenvalue weighted by atomic mass is 16.6. The number of nitrogens with zero attached hydrogens (tertiary/aromatic N) is 2. The van der Waals surface area contributed by atoms with Gasteiger partial charge in [-0.2, -0.15) is 0 Å². The Hall–Kier alpha value is -1.13. The second-order valence-corrected chi connectivity index (χ2v) is 4.31. The van der Waals surface area contributed by atoms with E-state index in [1.807, 2.05) is 4.90 Å². The van der Waals surface area contributed by atoms with Gasteiger partial charge in [0.05, 0.1) is 0 Å². The number of amides is 1. The molecule has 0 aromatic rings. The second-order valence-electron chi connectivity index (χ2n) is 4.31. The van der Waals surface area contributed by atoms with Crippen LogP contribution in [0, 0.1) is 10.1 Å². The molecule has 16 heavy (non-hydrogen) atoms. The maximum Gasteiger partial charge on any atom is 0.222 e. The van der Waals surface area contributed by atoms with Crippen LogP contribution in [0.3, 0.4) is 0 Å². The van der Waals surface area contributed by atoms with Crippen molar-refractivity contribution >= 4 is 5.91 Å². The Kier molecular flexibility index (Phi) is 5.82. The Balaban J connectivity index is 2.21. The van der Waals surface area contributed by atoms with E-state index < -0.39 is 0 Å². The summed E-state index contributed by atoms with van der Waals surface area (Å²) in [6.45, 7) is 1.53. The number of likely N-dealkylation sites (tertiary alicyclic amines) is 1. The molecule has 1 aliphatic rings. The minimum Gasteiger partial charge on any atom is -0.343 e. The molecule has 1 aliphatic heterocycles. The van der Waals surface area contributed by atoms with Gasteiger partial charge in [-0.1, -0.05) is 12.8 Å². The van der Waals surface area contributed by atoms with Crippen LogP contribution in [-0.4, -0.2) is 35.4 Å². The summed E-state index contributed by atoms with van der Waals surface area (Å²) in [4.78, 5) is 23.4. The zero-order valence-electron chi connectivity index (χ0n) is 9.69. The molecule has 1 rings (SSSR count). The molecule has 0 aliphatic carbocycles. The van der Waals surface area contributed by atoms with Crippen LogP contribution in [0.25, 0.3) is 0 Å². The minimum absolute atomic E-state index is 0.0159. The SMILES string of the molecule is O=C1CCCCCCN1CCCC[N+](=O)[O-]. The predicted molar refractivity (Wildman–Crippen MR) is 60.8 cm³/mol. The third-order valence-corrected chi connectivity index (χ3v) is 2.94. The van der Waals surface area contributed by atoms with Crippen LogP contribution in [0.2, 0.25) is 0 Å². The van der Waals surface area contributed by atoms with Crippen LogP contribution in [-0.2, 0) is 4.79 Å². The Bertz CT molecular complexity index is 243. The standard InChI is InChI=1S/C11H20N2O3/c14-11-7-3-1-2-4-8-12(11)9-5-6-10-13(15)16/h1-10H2. The van der Waals surface area contributed by atoms with Crippen LogP contribution in [0.1, 0.15) is 44.9 Å². The summed E-state index contributed by atoms with van der Waals surface area (Å²) in [5, 5.41) is 10.1. The average molecular weight is 228 g/mol. The van der Waals surface area contributed by atoms with Crippen LogP contribution < -0.4 is 0 Å². The van der Waals surface area contributed by atoms with Gasteiger partial charge >= 0.3 is 0 Å². The van der Waals surface area contributed by atoms with Crippen LogP contribution >= 0.6 is 0 Å². The lowest BCUT2D eigenvalue weighted by atomic mass is 10.1. The zero-order chi connectivity index (χ0) is 11.8. The van der Waals surface area contributed by atoms with Gasteiger partial charge in [0.1, 0.15) is 0 Å². The average Bonchev–Trinajstić information content (AvgIpc) is 2.21. The summed E-state index contributed by atoms with van der Waals surface area (Å²) < 4.78 is 0. The van der Waals surface area contributed by atoms with Crippen molar-refractivity contribution in [1.82, 2.24) is 4.90 Å². The van der Waals surface area contributed by atoms with E-state index in [0.717, 1.165) is 32.2 Å². The van der Waals surface area contributed by atoms with Gasteiger partial charge in [-0.3, -0.25) is 14.9 Å². The van der Waals surface area contributed by atoms with Crippen LogP contribution in [0.15, 0.2) is 0 Å². The maximum atomic E-state index is 11.7. The molecule has 0 bridgehead atoms. The normalized spacial score (nSPS) is 18.0. The predicted octanol–water partition coefficient (Wildman–Crippen LogP) is 1.84. The summed E-state index contributed by atoms with van der Waals surface area (Å²) in [6.07, 6.45) is 6.36. The fraction of sp³-hybridized carbons (Fsp3) is 0.909. The molecule has 0 aromatic carbocycles. The molecule has 0 N–H and O–H groups in total. The van der Waals surface area contributed by atoms with Crippen molar-refractivity contribution in [1.29, 1.82) is 0 Å². The third kappa shape index (κ3) is 5.09. The Morgan fingerprint density at radius 1 is 1.19 bits per heavy atom. The topological polar surface area (TPSA) is 63.5 Å². The number of carbonyl (C=O) groups excluding carboxylic acids is 1. The van der Waals surface area contributed by atoms with E-state index in [0.29, 0.717) is 19.4 Å². The number of carbonyl (C=O) groups is 1. The van der Waals surface area contributed by atoms with Gasteiger partial charge in [-0.05, 0) is 19.3 Å². The van der Waals surface area contributed by atoms with Gasteiger partial charge in [-0.25, -0.2) is 0 Å². The minimum atomic E-state index is -0.296. The molecular weight excluding hydrogens is 208 g/mol. The summed E-state index contributed by atoms with van der Waals surface area (Å²) in [6, 6.07) is 0. The van der Waals surface area contributed by atoms with Gasteiger partial charge < -0.3 is 4.90 Å². The molecule has 1 saturated heterocycles. The molecule has 1 heterocycles. The highest BCUT2D eigenvalue weighted by Gasteiger charge is 2.14. The zero-order valence-corrected chi connectivity index (χ0v) is 9.69. The van der Waals surface area contributed by atoms with Crippen LogP contribution in [0.4, 0.5) is 0 Å². The quantitative estimate of drug-likeness (QED) is 0.409.